The van der Waals surface area contributed by atoms with Gasteiger partial charge in [-0.2, -0.15) is 9.90 Å². The Hall–Kier alpha value is 1.16. The van der Waals surface area contributed by atoms with Gasteiger partial charge in [0.1, 0.15) is 0 Å². The molecule has 0 aliphatic carbocycles. The molecule has 0 rings (SSSR count). The van der Waals surface area contributed by atoms with Gasteiger partial charge >= 0.3 is 0 Å². The third kappa shape index (κ3) is 12.4. The quantitative estimate of drug-likeness (QED) is 0.307. The third-order valence-corrected chi connectivity index (χ3v) is 2.00. The van der Waals surface area contributed by atoms with E-state index in [4.69, 9.17) is 0 Å². The maximum atomic E-state index is 2.44. The van der Waals surface area contributed by atoms with E-state index in [9.17, 15) is 0 Å². The zero-order chi connectivity index (χ0) is 6.24. The van der Waals surface area contributed by atoms with Gasteiger partial charge in [0.25, 0.3) is 0 Å². The van der Waals surface area contributed by atoms with E-state index >= 15 is 0 Å². The predicted octanol–water partition coefficient (Wildman–Crippen LogP) is 3.45. The van der Waals surface area contributed by atoms with Crippen molar-refractivity contribution in [1.82, 2.24) is 0 Å². The van der Waals surface area contributed by atoms with Crippen LogP contribution in [-0.4, -0.2) is 4.43 Å². The van der Waals surface area contributed by atoms with Crippen molar-refractivity contribution in [2.24, 2.45) is 0 Å². The van der Waals surface area contributed by atoms with Crippen LogP contribution in [-0.2, 0) is 0 Å². The summed E-state index contributed by atoms with van der Waals surface area (Å²) in [5.41, 5.74) is 0. The topological polar surface area (TPSA) is 0 Å². The highest BCUT2D eigenvalue weighted by Crippen LogP contribution is 2.03. The van der Waals surface area contributed by atoms with Crippen molar-refractivity contribution in [2.75, 3.05) is 4.43 Å². The van der Waals surface area contributed by atoms with Crippen molar-refractivity contribution in [3.05, 3.63) is 0 Å². The average molecular weight is 260 g/mol. The average Bonchev–Trinajstić information content (AvgIpc) is 1.81. The number of alkyl halides is 1. The zero-order valence-corrected chi connectivity index (χ0v) is 9.90. The molecular weight excluding hydrogens is 242 g/mol. The summed E-state index contributed by atoms with van der Waals surface area (Å²) in [5, 5.41) is 0. The highest BCUT2D eigenvalue weighted by Gasteiger charge is 1.84. The fourth-order valence-corrected chi connectivity index (χ4v) is 1.24. The molecule has 0 aromatic heterocycles. The lowest BCUT2D eigenvalue weighted by molar-refractivity contribution is 0.662. The molecule has 0 saturated heterocycles. The molecule has 0 heterocycles. The third-order valence-electron chi connectivity index (χ3n) is 1.24. The number of hydrogen-bond donors (Lipinski definition) is 0. The summed E-state index contributed by atoms with van der Waals surface area (Å²) < 4.78 is 1.33. The minimum absolute atomic E-state index is 0. The monoisotopic (exact) mass is 260 g/mol. The Morgan fingerprint density at radius 1 is 1.00 bits per heavy atom. The lowest BCUT2D eigenvalue weighted by Gasteiger charge is -1.93. The molecule has 0 aliphatic heterocycles. The molecule has 0 spiro atoms. The van der Waals surface area contributed by atoms with Crippen molar-refractivity contribution >= 4 is 32.5 Å². The minimum Gasteiger partial charge on any atom is -0.153 e. The summed E-state index contributed by atoms with van der Waals surface area (Å²) in [6, 6.07) is 0. The first kappa shape index (κ1) is 12.8. The Morgan fingerprint density at radius 3 is 2.00 bits per heavy atom. The first-order chi connectivity index (χ1) is 3.91. The molecule has 0 N–H and O–H groups in total. The Balaban J connectivity index is 0. The van der Waals surface area contributed by atoms with Crippen molar-refractivity contribution in [2.45, 2.75) is 39.0 Å². The maximum absolute atomic E-state index is 2.44. The van der Waals surface area contributed by atoms with E-state index in [1.165, 1.54) is 36.5 Å². The van der Waals surface area contributed by atoms with Gasteiger partial charge < -0.3 is 0 Å². The predicted molar refractivity (Wildman–Crippen MR) is 58.8 cm³/mol. The molecule has 1 atom stereocenters. The first-order valence-electron chi connectivity index (χ1n) is 3.47. The van der Waals surface area contributed by atoms with Crippen LogP contribution in [0.25, 0.3) is 0 Å². The fourth-order valence-electron chi connectivity index (χ4n) is 0.698. The van der Waals surface area contributed by atoms with Crippen LogP contribution in [0.2, 0.25) is 0 Å². The smallest absolute Gasteiger partial charge is 0.000473 e. The summed E-state index contributed by atoms with van der Waals surface area (Å²) in [5.74, 6) is 0. The Labute approximate surface area is 75.9 Å². The Morgan fingerprint density at radius 2 is 1.56 bits per heavy atom. The largest absolute Gasteiger partial charge is 0.153 e. The van der Waals surface area contributed by atoms with E-state index in [2.05, 4.69) is 29.5 Å². The molecule has 0 radical (unpaired) electrons. The molecule has 0 aromatic rings. The normalized spacial score (nSPS) is 8.67. The van der Waals surface area contributed by atoms with E-state index in [-0.39, 0.29) is 9.90 Å². The maximum Gasteiger partial charge on any atom is -0.000473 e. The molecule has 9 heavy (non-hydrogen) atoms. The van der Waals surface area contributed by atoms with Crippen LogP contribution in [0.1, 0.15) is 39.0 Å². The van der Waals surface area contributed by atoms with Gasteiger partial charge in [-0.05, 0) is 10.8 Å². The van der Waals surface area contributed by atoms with Gasteiger partial charge in [0.05, 0.1) is 0 Å². The number of hydrogen-bond acceptors (Lipinski definition) is 0. The summed E-state index contributed by atoms with van der Waals surface area (Å²) in [7, 11) is 0. The first-order valence-corrected chi connectivity index (χ1v) is 5.00. The summed E-state index contributed by atoms with van der Waals surface area (Å²) in [6.45, 7) is 2.25. The van der Waals surface area contributed by atoms with Gasteiger partial charge in [-0.1, -0.05) is 55.2 Å². The Bertz CT molecular complexity index is 33.9. The Kier molecular flexibility index (Phi) is 16.9. The van der Waals surface area contributed by atoms with Crippen LogP contribution < -0.4 is 0 Å². The summed E-state index contributed by atoms with van der Waals surface area (Å²) in [4.78, 5) is 0. The molecule has 2 heteroatoms. The van der Waals surface area contributed by atoms with E-state index < -0.39 is 0 Å². The molecular formula is C7H18IP. The van der Waals surface area contributed by atoms with Crippen molar-refractivity contribution in [3.8, 4) is 0 Å². The molecule has 1 unspecified atom stereocenters. The highest BCUT2D eigenvalue weighted by molar-refractivity contribution is 14.1. The van der Waals surface area contributed by atoms with Crippen LogP contribution in [0.5, 0.6) is 0 Å². The van der Waals surface area contributed by atoms with E-state index in [0.717, 1.165) is 0 Å². The van der Waals surface area contributed by atoms with Crippen LogP contribution in [0, 0.1) is 0 Å². The fraction of sp³-hybridized carbons (Fsp3) is 1.00. The molecule has 58 valence electrons. The number of halogens is 1. The second-order valence-corrected chi connectivity index (χ2v) is 3.18. The lowest BCUT2D eigenvalue weighted by atomic mass is 10.2. The van der Waals surface area contributed by atoms with Gasteiger partial charge in [0.2, 0.25) is 0 Å². The van der Waals surface area contributed by atoms with Gasteiger partial charge in [-0.3, -0.25) is 0 Å². The molecule has 0 aliphatic rings. The molecule has 0 fully saturated rings. The zero-order valence-electron chi connectivity index (χ0n) is 6.33. The molecule has 0 aromatic carbocycles. The van der Waals surface area contributed by atoms with Crippen molar-refractivity contribution in [3.63, 3.8) is 0 Å². The van der Waals surface area contributed by atoms with Gasteiger partial charge in [-0.15, -0.1) is 0 Å². The minimum atomic E-state index is 0. The SMILES string of the molecule is CCCCCCCI.P. The second-order valence-electron chi connectivity index (χ2n) is 2.10. The van der Waals surface area contributed by atoms with Crippen LogP contribution in [0.3, 0.4) is 0 Å². The van der Waals surface area contributed by atoms with Crippen LogP contribution >= 0.6 is 32.5 Å². The number of unbranched alkanes of at least 4 members (excludes halogenated alkanes) is 4. The second kappa shape index (κ2) is 11.9. The molecule has 0 nitrogen and oxygen atoms in total. The van der Waals surface area contributed by atoms with Gasteiger partial charge in [-0.25, -0.2) is 0 Å². The van der Waals surface area contributed by atoms with Crippen molar-refractivity contribution < 1.29 is 0 Å². The summed E-state index contributed by atoms with van der Waals surface area (Å²) >= 11 is 2.44. The molecule has 0 amide bonds. The van der Waals surface area contributed by atoms with E-state index in [1.807, 2.05) is 0 Å². The summed E-state index contributed by atoms with van der Waals surface area (Å²) in [6.07, 6.45) is 7.09. The molecule has 0 bridgehead atoms. The van der Waals surface area contributed by atoms with E-state index in [1.54, 1.807) is 0 Å². The van der Waals surface area contributed by atoms with E-state index in [0.29, 0.717) is 0 Å². The lowest BCUT2D eigenvalue weighted by Crippen LogP contribution is -1.76. The highest BCUT2D eigenvalue weighted by atomic mass is 127. The molecule has 0 saturated carbocycles. The number of rotatable bonds is 5. The van der Waals surface area contributed by atoms with Gasteiger partial charge in [0, 0.05) is 0 Å². The van der Waals surface area contributed by atoms with Gasteiger partial charge in [0.15, 0.2) is 0 Å². The van der Waals surface area contributed by atoms with Crippen LogP contribution in [0.15, 0.2) is 0 Å². The standard InChI is InChI=1S/C7H15I.H3P/c1-2-3-4-5-6-7-8;/h2-7H2,1H3;1H3. The van der Waals surface area contributed by atoms with Crippen LogP contribution in [0.4, 0.5) is 0 Å². The van der Waals surface area contributed by atoms with Crippen molar-refractivity contribution in [1.29, 1.82) is 0 Å².